The monoisotopic (exact) mass is 202 g/mol. The average Bonchev–Trinajstić information content (AvgIpc) is 2.74. The molecule has 0 radical (unpaired) electrons. The van der Waals surface area contributed by atoms with Crippen LogP contribution in [0.15, 0.2) is 29.7 Å². The third-order valence-electron chi connectivity index (χ3n) is 3.30. The van der Waals surface area contributed by atoms with Crippen LogP contribution in [0.25, 0.3) is 0 Å². The molecule has 1 aliphatic heterocycles. The second-order valence-electron chi connectivity index (χ2n) is 4.25. The van der Waals surface area contributed by atoms with E-state index in [4.69, 9.17) is 4.84 Å². The fraction of sp³-hybridized carbons (Fsp3) is 0.500. The fourth-order valence-electron chi connectivity index (χ4n) is 2.51. The summed E-state index contributed by atoms with van der Waals surface area (Å²) in [7, 11) is 0. The van der Waals surface area contributed by atoms with Crippen LogP contribution < -0.4 is 0 Å². The van der Waals surface area contributed by atoms with E-state index in [0.29, 0.717) is 12.0 Å². The van der Waals surface area contributed by atoms with Crippen molar-refractivity contribution in [3.63, 3.8) is 0 Å². The summed E-state index contributed by atoms with van der Waals surface area (Å²) >= 11 is 0. The number of nitrogens with zero attached hydrogens (tertiary/aromatic N) is 2. The van der Waals surface area contributed by atoms with E-state index >= 15 is 0 Å². The van der Waals surface area contributed by atoms with Gasteiger partial charge in [-0.15, -0.1) is 0 Å². The summed E-state index contributed by atoms with van der Waals surface area (Å²) in [6.07, 6.45) is 8.92. The summed E-state index contributed by atoms with van der Waals surface area (Å²) in [6.45, 7) is 0. The van der Waals surface area contributed by atoms with Crippen molar-refractivity contribution in [2.24, 2.45) is 11.1 Å². The Balaban J connectivity index is 1.88. The Hall–Kier alpha value is -1.38. The van der Waals surface area contributed by atoms with Gasteiger partial charge in [0.05, 0.1) is 5.71 Å². The SMILES string of the molecule is c1cncc(C2=NOC3CCCCC23)c1. The Labute approximate surface area is 89.2 Å². The van der Waals surface area contributed by atoms with Crippen molar-refractivity contribution >= 4 is 5.71 Å². The maximum absolute atomic E-state index is 5.48. The van der Waals surface area contributed by atoms with Crippen LogP contribution in [-0.2, 0) is 4.84 Å². The summed E-state index contributed by atoms with van der Waals surface area (Å²) in [5.74, 6) is 0.503. The quantitative estimate of drug-likeness (QED) is 0.700. The van der Waals surface area contributed by atoms with Gasteiger partial charge in [-0.1, -0.05) is 11.6 Å². The van der Waals surface area contributed by atoms with Gasteiger partial charge >= 0.3 is 0 Å². The standard InChI is InChI=1S/C12H14N2O/c1-2-6-11-10(5-1)12(14-15-11)9-4-3-7-13-8-9/h3-4,7-8,10-11H,1-2,5-6H2. The molecule has 2 unspecified atom stereocenters. The summed E-state index contributed by atoms with van der Waals surface area (Å²) in [6, 6.07) is 4.01. The predicted octanol–water partition coefficient (Wildman–Crippen LogP) is 2.37. The van der Waals surface area contributed by atoms with E-state index in [1.165, 1.54) is 19.3 Å². The zero-order valence-corrected chi connectivity index (χ0v) is 8.60. The normalized spacial score (nSPS) is 29.2. The second kappa shape index (κ2) is 3.65. The fourth-order valence-corrected chi connectivity index (χ4v) is 2.51. The van der Waals surface area contributed by atoms with Crippen LogP contribution in [-0.4, -0.2) is 16.8 Å². The average molecular weight is 202 g/mol. The third-order valence-corrected chi connectivity index (χ3v) is 3.30. The van der Waals surface area contributed by atoms with Gasteiger partial charge in [0.25, 0.3) is 0 Å². The molecular weight excluding hydrogens is 188 g/mol. The molecular formula is C12H14N2O. The van der Waals surface area contributed by atoms with Crippen molar-refractivity contribution in [2.75, 3.05) is 0 Å². The molecule has 3 nitrogen and oxygen atoms in total. The molecule has 1 fully saturated rings. The van der Waals surface area contributed by atoms with Gasteiger partial charge in [0.15, 0.2) is 0 Å². The highest BCUT2D eigenvalue weighted by atomic mass is 16.6. The van der Waals surface area contributed by atoms with Crippen molar-refractivity contribution in [3.05, 3.63) is 30.1 Å². The van der Waals surface area contributed by atoms with Gasteiger partial charge in [-0.05, 0) is 31.4 Å². The lowest BCUT2D eigenvalue weighted by Crippen LogP contribution is -2.27. The number of aromatic nitrogens is 1. The number of oxime groups is 1. The molecule has 1 saturated carbocycles. The number of rotatable bonds is 1. The van der Waals surface area contributed by atoms with Crippen LogP contribution in [0.5, 0.6) is 0 Å². The minimum Gasteiger partial charge on any atom is -0.392 e. The molecule has 0 bridgehead atoms. The van der Waals surface area contributed by atoms with Gasteiger partial charge in [-0.2, -0.15) is 0 Å². The lowest BCUT2D eigenvalue weighted by atomic mass is 9.82. The first-order valence-electron chi connectivity index (χ1n) is 5.59. The predicted molar refractivity (Wildman–Crippen MR) is 57.6 cm³/mol. The first kappa shape index (κ1) is 8.89. The number of hydrogen-bond acceptors (Lipinski definition) is 3. The maximum atomic E-state index is 5.48. The van der Waals surface area contributed by atoms with E-state index in [2.05, 4.69) is 16.2 Å². The first-order valence-corrected chi connectivity index (χ1v) is 5.59. The van der Waals surface area contributed by atoms with Crippen LogP contribution >= 0.6 is 0 Å². The van der Waals surface area contributed by atoms with Crippen molar-refractivity contribution in [1.82, 2.24) is 4.98 Å². The molecule has 2 atom stereocenters. The molecule has 15 heavy (non-hydrogen) atoms. The molecule has 1 aromatic heterocycles. The molecule has 2 aliphatic rings. The largest absolute Gasteiger partial charge is 0.392 e. The minimum atomic E-state index is 0.328. The molecule has 0 spiro atoms. The Morgan fingerprint density at radius 2 is 2.20 bits per heavy atom. The second-order valence-corrected chi connectivity index (χ2v) is 4.25. The molecule has 1 aliphatic carbocycles. The van der Waals surface area contributed by atoms with E-state index < -0.39 is 0 Å². The highest BCUT2D eigenvalue weighted by Gasteiger charge is 2.36. The van der Waals surface area contributed by atoms with Crippen LogP contribution in [0.1, 0.15) is 31.2 Å². The molecule has 0 N–H and O–H groups in total. The number of hydrogen-bond donors (Lipinski definition) is 0. The highest BCUT2D eigenvalue weighted by molar-refractivity contribution is 6.02. The molecule has 0 aromatic carbocycles. The molecule has 78 valence electrons. The summed E-state index contributed by atoms with van der Waals surface area (Å²) in [5.41, 5.74) is 2.22. The molecule has 3 heteroatoms. The van der Waals surface area contributed by atoms with E-state index in [1.54, 1.807) is 6.20 Å². The van der Waals surface area contributed by atoms with Gasteiger partial charge in [-0.3, -0.25) is 4.98 Å². The number of fused-ring (bicyclic) bond motifs is 1. The van der Waals surface area contributed by atoms with Gasteiger partial charge < -0.3 is 4.84 Å². The highest BCUT2D eigenvalue weighted by Crippen LogP contribution is 2.34. The molecule has 3 rings (SSSR count). The maximum Gasteiger partial charge on any atom is 0.136 e. The Morgan fingerprint density at radius 1 is 1.27 bits per heavy atom. The van der Waals surface area contributed by atoms with E-state index in [-0.39, 0.29) is 0 Å². The van der Waals surface area contributed by atoms with Crippen molar-refractivity contribution in [2.45, 2.75) is 31.8 Å². The molecule has 1 aromatic rings. The van der Waals surface area contributed by atoms with Crippen LogP contribution in [0.3, 0.4) is 0 Å². The summed E-state index contributed by atoms with van der Waals surface area (Å²) < 4.78 is 0. The van der Waals surface area contributed by atoms with Crippen molar-refractivity contribution < 1.29 is 4.84 Å². The Kier molecular flexibility index (Phi) is 2.16. The van der Waals surface area contributed by atoms with E-state index in [1.807, 2.05) is 12.3 Å². The smallest absolute Gasteiger partial charge is 0.136 e. The molecule has 2 heterocycles. The van der Waals surface area contributed by atoms with Crippen LogP contribution in [0.2, 0.25) is 0 Å². The summed E-state index contributed by atoms with van der Waals surface area (Å²) in [4.78, 5) is 9.61. The lowest BCUT2D eigenvalue weighted by Gasteiger charge is -2.23. The van der Waals surface area contributed by atoms with Crippen molar-refractivity contribution in [1.29, 1.82) is 0 Å². The first-order chi connectivity index (χ1) is 7.45. The van der Waals surface area contributed by atoms with Crippen molar-refractivity contribution in [3.8, 4) is 0 Å². The van der Waals surface area contributed by atoms with Crippen LogP contribution in [0, 0.1) is 5.92 Å². The number of pyridine rings is 1. The Morgan fingerprint density at radius 3 is 3.07 bits per heavy atom. The van der Waals surface area contributed by atoms with Gasteiger partial charge in [-0.25, -0.2) is 0 Å². The summed E-state index contributed by atoms with van der Waals surface area (Å²) in [5, 5.41) is 4.23. The molecule has 0 saturated heterocycles. The van der Waals surface area contributed by atoms with Gasteiger partial charge in [0, 0.05) is 23.9 Å². The zero-order valence-electron chi connectivity index (χ0n) is 8.60. The van der Waals surface area contributed by atoms with E-state index in [0.717, 1.165) is 17.7 Å². The van der Waals surface area contributed by atoms with Crippen LogP contribution in [0.4, 0.5) is 0 Å². The lowest BCUT2D eigenvalue weighted by molar-refractivity contribution is 0.0397. The Bertz CT molecular complexity index is 374. The third kappa shape index (κ3) is 1.52. The van der Waals surface area contributed by atoms with Gasteiger partial charge in [0.2, 0.25) is 0 Å². The topological polar surface area (TPSA) is 34.5 Å². The van der Waals surface area contributed by atoms with E-state index in [9.17, 15) is 0 Å². The minimum absolute atomic E-state index is 0.328. The zero-order chi connectivity index (χ0) is 10.1. The molecule has 0 amide bonds. The van der Waals surface area contributed by atoms with Gasteiger partial charge in [0.1, 0.15) is 6.10 Å².